The highest BCUT2D eigenvalue weighted by Gasteiger charge is 2.27. The van der Waals surface area contributed by atoms with E-state index in [0.29, 0.717) is 25.6 Å². The van der Waals surface area contributed by atoms with Gasteiger partial charge in [0.25, 0.3) is 5.91 Å². The van der Waals surface area contributed by atoms with Crippen molar-refractivity contribution >= 4 is 33.3 Å². The molecule has 0 radical (unpaired) electrons. The highest BCUT2D eigenvalue weighted by Crippen LogP contribution is 2.35. The Bertz CT molecular complexity index is 1040. The fourth-order valence-electron chi connectivity index (χ4n) is 3.84. The predicted molar refractivity (Wildman–Crippen MR) is 118 cm³/mol. The summed E-state index contributed by atoms with van der Waals surface area (Å²) in [4.78, 5) is 25.4. The van der Waals surface area contributed by atoms with Gasteiger partial charge in [-0.25, -0.2) is 9.97 Å². The van der Waals surface area contributed by atoms with Crippen molar-refractivity contribution in [1.82, 2.24) is 14.9 Å². The zero-order valence-corrected chi connectivity index (χ0v) is 18.0. The molecule has 7 nitrogen and oxygen atoms in total. The first-order valence-corrected chi connectivity index (χ1v) is 10.9. The van der Waals surface area contributed by atoms with Crippen molar-refractivity contribution in [3.05, 3.63) is 46.6 Å². The predicted octanol–water partition coefficient (Wildman–Crippen LogP) is 3.46. The van der Waals surface area contributed by atoms with Crippen LogP contribution in [0.25, 0.3) is 10.2 Å². The number of piperidine rings is 1. The molecule has 0 unspecified atom stereocenters. The number of nitrogens with one attached hydrogen (secondary N) is 1. The second-order valence-electron chi connectivity index (χ2n) is 7.58. The van der Waals surface area contributed by atoms with E-state index in [1.165, 1.54) is 17.7 Å². The number of aliphatic hydroxyl groups is 1. The zero-order chi connectivity index (χ0) is 21.1. The lowest BCUT2D eigenvalue weighted by molar-refractivity contribution is 0.0655. The third kappa shape index (κ3) is 4.11. The molecule has 2 N–H and O–H groups in total. The molecule has 8 heteroatoms. The summed E-state index contributed by atoms with van der Waals surface area (Å²) in [5, 5.41) is 13.6. The van der Waals surface area contributed by atoms with E-state index < -0.39 is 0 Å². The number of likely N-dealkylation sites (tertiary alicyclic amines) is 1. The molecule has 3 aromatic rings. The van der Waals surface area contributed by atoms with Crippen LogP contribution in [-0.2, 0) is 6.54 Å². The van der Waals surface area contributed by atoms with Crippen LogP contribution >= 0.6 is 11.3 Å². The van der Waals surface area contributed by atoms with Crippen molar-refractivity contribution in [2.75, 3.05) is 32.1 Å². The normalized spacial score (nSPS) is 14.8. The largest absolute Gasteiger partial charge is 0.497 e. The lowest BCUT2D eigenvalue weighted by Crippen LogP contribution is -2.39. The van der Waals surface area contributed by atoms with Gasteiger partial charge in [0.05, 0.1) is 17.4 Å². The summed E-state index contributed by atoms with van der Waals surface area (Å²) < 4.78 is 5.29. The lowest BCUT2D eigenvalue weighted by atomic mass is 9.97. The number of methoxy groups -OCH3 is 1. The molecule has 30 heavy (non-hydrogen) atoms. The average molecular weight is 427 g/mol. The Kier molecular flexibility index (Phi) is 6.15. The Labute approximate surface area is 179 Å². The van der Waals surface area contributed by atoms with Crippen molar-refractivity contribution in [3.8, 4) is 5.75 Å². The van der Waals surface area contributed by atoms with Crippen LogP contribution in [0.15, 0.2) is 30.6 Å². The van der Waals surface area contributed by atoms with Gasteiger partial charge in [-0.15, -0.1) is 11.3 Å². The Balaban J connectivity index is 1.56. The van der Waals surface area contributed by atoms with Crippen molar-refractivity contribution in [1.29, 1.82) is 0 Å². The number of aliphatic hydroxyl groups excluding tert-OH is 1. The summed E-state index contributed by atoms with van der Waals surface area (Å²) in [6, 6.07) is 7.88. The van der Waals surface area contributed by atoms with Crippen molar-refractivity contribution in [2.45, 2.75) is 26.3 Å². The van der Waals surface area contributed by atoms with Crippen molar-refractivity contribution < 1.29 is 14.6 Å². The van der Waals surface area contributed by atoms with E-state index in [-0.39, 0.29) is 12.5 Å². The second kappa shape index (κ2) is 8.97. The molecule has 0 aliphatic carbocycles. The third-order valence-electron chi connectivity index (χ3n) is 5.68. The average Bonchev–Trinajstić information content (AvgIpc) is 3.14. The van der Waals surface area contributed by atoms with E-state index >= 15 is 0 Å². The number of thiophene rings is 1. The molecule has 1 aliphatic rings. The fraction of sp³-hybridized carbons (Fsp3) is 0.409. The smallest absolute Gasteiger partial charge is 0.264 e. The number of aromatic nitrogens is 2. The summed E-state index contributed by atoms with van der Waals surface area (Å²) >= 11 is 1.42. The standard InChI is InChI=1S/C22H26N4O3S/c1-14-18-20(23-11-16-4-3-5-17(10-16)29-2)24-13-25-21(18)30-19(14)22(28)26-8-6-15(12-27)7-9-26/h3-5,10,13,15,27H,6-9,11-12H2,1-2H3,(H,23,24,25). The SMILES string of the molecule is COc1cccc(CNc2ncnc3sc(C(=O)N4CCC(CO)CC4)c(C)c23)c1. The molecule has 3 heterocycles. The number of carbonyl (C=O) groups excluding carboxylic acids is 1. The van der Waals surface area contributed by atoms with Gasteiger partial charge in [-0.3, -0.25) is 4.79 Å². The van der Waals surface area contributed by atoms with Crippen LogP contribution in [0.2, 0.25) is 0 Å². The lowest BCUT2D eigenvalue weighted by Gasteiger charge is -2.31. The molecule has 1 saturated heterocycles. The molecule has 0 bridgehead atoms. The second-order valence-corrected chi connectivity index (χ2v) is 8.58. The first kappa shape index (κ1) is 20.6. The van der Waals surface area contributed by atoms with Crippen LogP contribution in [0.1, 0.15) is 33.6 Å². The third-order valence-corrected chi connectivity index (χ3v) is 6.86. The van der Waals surface area contributed by atoms with E-state index in [4.69, 9.17) is 4.74 Å². The molecule has 4 rings (SSSR count). The number of hydrogen-bond donors (Lipinski definition) is 2. The van der Waals surface area contributed by atoms with Crippen LogP contribution in [0.3, 0.4) is 0 Å². The van der Waals surface area contributed by atoms with E-state index in [2.05, 4.69) is 15.3 Å². The zero-order valence-electron chi connectivity index (χ0n) is 17.2. The van der Waals surface area contributed by atoms with Crippen LogP contribution in [-0.4, -0.2) is 52.7 Å². The number of hydrogen-bond acceptors (Lipinski definition) is 7. The van der Waals surface area contributed by atoms with E-state index in [1.54, 1.807) is 7.11 Å². The van der Waals surface area contributed by atoms with Gasteiger partial charge >= 0.3 is 0 Å². The van der Waals surface area contributed by atoms with Gasteiger partial charge in [0.2, 0.25) is 0 Å². The Morgan fingerprint density at radius 1 is 1.33 bits per heavy atom. The first-order valence-electron chi connectivity index (χ1n) is 10.1. The molecule has 0 saturated carbocycles. The van der Waals surface area contributed by atoms with Crippen LogP contribution in [0.5, 0.6) is 5.75 Å². The number of aryl methyl sites for hydroxylation is 1. The number of rotatable bonds is 6. The number of anilines is 1. The number of nitrogens with zero attached hydrogens (tertiary/aromatic N) is 3. The minimum absolute atomic E-state index is 0.0469. The van der Waals surface area contributed by atoms with Crippen LogP contribution in [0, 0.1) is 12.8 Å². The van der Waals surface area contributed by atoms with E-state index in [1.807, 2.05) is 36.1 Å². The van der Waals surface area contributed by atoms with Gasteiger partial charge in [0.1, 0.15) is 22.7 Å². The quantitative estimate of drug-likeness (QED) is 0.628. The molecule has 158 valence electrons. The number of benzene rings is 1. The molecule has 1 fully saturated rings. The van der Waals surface area contributed by atoms with Gasteiger partial charge in [0.15, 0.2) is 0 Å². The Hall–Kier alpha value is -2.71. The van der Waals surface area contributed by atoms with Gasteiger partial charge in [0, 0.05) is 26.2 Å². The number of amides is 1. The van der Waals surface area contributed by atoms with Gasteiger partial charge in [-0.1, -0.05) is 12.1 Å². The highest BCUT2D eigenvalue weighted by molar-refractivity contribution is 7.20. The van der Waals surface area contributed by atoms with E-state index in [0.717, 1.165) is 50.6 Å². The van der Waals surface area contributed by atoms with Crippen LogP contribution in [0.4, 0.5) is 5.82 Å². The molecule has 1 aromatic carbocycles. The molecular weight excluding hydrogens is 400 g/mol. The molecule has 1 amide bonds. The van der Waals surface area contributed by atoms with Crippen molar-refractivity contribution in [3.63, 3.8) is 0 Å². The highest BCUT2D eigenvalue weighted by atomic mass is 32.1. The summed E-state index contributed by atoms with van der Waals surface area (Å²) in [5.41, 5.74) is 2.00. The number of fused-ring (bicyclic) bond motifs is 1. The molecule has 1 aliphatic heterocycles. The summed E-state index contributed by atoms with van der Waals surface area (Å²) in [6.45, 7) is 4.12. The summed E-state index contributed by atoms with van der Waals surface area (Å²) in [5.74, 6) is 1.89. The van der Waals surface area contributed by atoms with Gasteiger partial charge < -0.3 is 20.1 Å². The summed E-state index contributed by atoms with van der Waals surface area (Å²) in [7, 11) is 1.65. The maximum absolute atomic E-state index is 13.1. The van der Waals surface area contributed by atoms with E-state index in [9.17, 15) is 9.90 Å². The number of ether oxygens (including phenoxy) is 1. The Morgan fingerprint density at radius 3 is 2.87 bits per heavy atom. The maximum Gasteiger partial charge on any atom is 0.264 e. The minimum Gasteiger partial charge on any atom is -0.497 e. The number of carbonyl (C=O) groups is 1. The topological polar surface area (TPSA) is 87.6 Å². The maximum atomic E-state index is 13.1. The minimum atomic E-state index is 0.0469. The monoisotopic (exact) mass is 426 g/mol. The van der Waals surface area contributed by atoms with Gasteiger partial charge in [-0.2, -0.15) is 0 Å². The summed E-state index contributed by atoms with van der Waals surface area (Å²) in [6.07, 6.45) is 3.23. The van der Waals surface area contributed by atoms with Crippen LogP contribution < -0.4 is 10.1 Å². The molecule has 0 atom stereocenters. The molecular formula is C22H26N4O3S. The fourth-order valence-corrected chi connectivity index (χ4v) is 4.96. The van der Waals surface area contributed by atoms with Gasteiger partial charge in [-0.05, 0) is 48.9 Å². The Morgan fingerprint density at radius 2 is 2.13 bits per heavy atom. The molecule has 2 aromatic heterocycles. The molecule has 0 spiro atoms. The van der Waals surface area contributed by atoms with Crippen molar-refractivity contribution in [2.24, 2.45) is 5.92 Å². The first-order chi connectivity index (χ1) is 14.6.